The molecule has 0 saturated carbocycles. The van der Waals surface area contributed by atoms with E-state index in [4.69, 9.17) is 0 Å². The molecule has 0 fully saturated rings. The zero-order valence-electron chi connectivity index (χ0n) is 11.0. The Kier molecular flexibility index (Phi) is 3.87. The lowest BCUT2D eigenvalue weighted by molar-refractivity contribution is 0.0954. The van der Waals surface area contributed by atoms with Crippen LogP contribution in [0.15, 0.2) is 35.0 Å². The Balaban J connectivity index is 1.68. The van der Waals surface area contributed by atoms with Crippen molar-refractivity contribution in [3.8, 4) is 0 Å². The van der Waals surface area contributed by atoms with Crippen molar-refractivity contribution in [3.05, 3.63) is 51.5 Å². The van der Waals surface area contributed by atoms with E-state index in [1.165, 1.54) is 23.3 Å². The Labute approximate surface area is 121 Å². The van der Waals surface area contributed by atoms with Crippen molar-refractivity contribution in [1.82, 2.24) is 10.4 Å². The normalized spacial score (nSPS) is 14.2. The number of carbonyl (C=O) groups excluding carboxylic acids is 1. The van der Waals surface area contributed by atoms with Crippen molar-refractivity contribution >= 4 is 23.5 Å². The number of rotatable bonds is 3. The topological polar surface area (TPSA) is 54.4 Å². The minimum atomic E-state index is -0.121. The van der Waals surface area contributed by atoms with E-state index in [1.54, 1.807) is 29.9 Å². The molecule has 0 radical (unpaired) electrons. The number of fused-ring (bicyclic) bond motifs is 1. The third-order valence-corrected chi connectivity index (χ3v) is 4.46. The minimum Gasteiger partial charge on any atom is -0.267 e. The number of hydrazone groups is 1. The molecule has 1 N–H and O–H groups in total. The molecule has 0 bridgehead atoms. The predicted octanol–water partition coefficient (Wildman–Crippen LogP) is 2.79. The van der Waals surface area contributed by atoms with Crippen LogP contribution in [0.4, 0.5) is 0 Å². The minimum absolute atomic E-state index is 0.121. The van der Waals surface area contributed by atoms with E-state index < -0.39 is 0 Å². The molecule has 0 unspecified atom stereocenters. The summed E-state index contributed by atoms with van der Waals surface area (Å²) in [6.07, 6.45) is 9.51. The van der Waals surface area contributed by atoms with Gasteiger partial charge in [0.05, 0.1) is 11.8 Å². The van der Waals surface area contributed by atoms with Gasteiger partial charge in [0.2, 0.25) is 0 Å². The van der Waals surface area contributed by atoms with Crippen LogP contribution in [0.25, 0.3) is 0 Å². The summed E-state index contributed by atoms with van der Waals surface area (Å²) in [7, 11) is 0. The maximum Gasteiger partial charge on any atom is 0.272 e. The van der Waals surface area contributed by atoms with Gasteiger partial charge in [-0.1, -0.05) is 6.07 Å². The average Bonchev–Trinajstić information content (AvgIpc) is 2.92. The van der Waals surface area contributed by atoms with E-state index in [9.17, 15) is 4.79 Å². The molecule has 5 heteroatoms. The molecular formula is C15H15N3OS. The Morgan fingerprint density at radius 3 is 3.15 bits per heavy atom. The van der Waals surface area contributed by atoms with Crippen molar-refractivity contribution in [2.75, 3.05) is 0 Å². The standard InChI is InChI=1S/C15H15N3OS/c19-15(18-17-9-11-4-3-7-16-8-11)13-10-20-14-6-2-1-5-12(13)14/h3-4,7-10H,1-2,5-6H2,(H,18,19)/b17-9-. The number of hydrogen-bond acceptors (Lipinski definition) is 4. The smallest absolute Gasteiger partial charge is 0.267 e. The highest BCUT2D eigenvalue weighted by molar-refractivity contribution is 7.10. The van der Waals surface area contributed by atoms with Crippen LogP contribution in [0.5, 0.6) is 0 Å². The Bertz CT molecular complexity index is 634. The van der Waals surface area contributed by atoms with E-state index >= 15 is 0 Å². The van der Waals surface area contributed by atoms with Crippen LogP contribution in [0, 0.1) is 0 Å². The van der Waals surface area contributed by atoms with Crippen molar-refractivity contribution in [2.45, 2.75) is 25.7 Å². The van der Waals surface area contributed by atoms with Crippen LogP contribution in [0.1, 0.15) is 39.2 Å². The molecule has 0 saturated heterocycles. The van der Waals surface area contributed by atoms with E-state index in [1.807, 2.05) is 17.5 Å². The first-order valence-corrected chi connectivity index (χ1v) is 7.55. The van der Waals surface area contributed by atoms with Crippen LogP contribution in [0.3, 0.4) is 0 Å². The molecule has 1 aliphatic rings. The summed E-state index contributed by atoms with van der Waals surface area (Å²) in [6.45, 7) is 0. The van der Waals surface area contributed by atoms with E-state index in [2.05, 4.69) is 15.5 Å². The summed E-state index contributed by atoms with van der Waals surface area (Å²) in [6, 6.07) is 3.72. The predicted molar refractivity (Wildman–Crippen MR) is 80.3 cm³/mol. The highest BCUT2D eigenvalue weighted by Gasteiger charge is 2.19. The molecule has 1 amide bonds. The Hall–Kier alpha value is -2.01. The summed E-state index contributed by atoms with van der Waals surface area (Å²) in [5.41, 5.74) is 5.46. The SMILES string of the molecule is O=C(N/N=C\c1cccnc1)c1csc2c1CCCC2. The molecule has 3 rings (SSSR count). The quantitative estimate of drug-likeness (QED) is 0.696. The van der Waals surface area contributed by atoms with Gasteiger partial charge in [-0.2, -0.15) is 5.10 Å². The van der Waals surface area contributed by atoms with E-state index in [0.29, 0.717) is 0 Å². The van der Waals surface area contributed by atoms with Crippen LogP contribution < -0.4 is 5.43 Å². The number of aryl methyl sites for hydroxylation is 1. The fourth-order valence-corrected chi connectivity index (χ4v) is 3.49. The maximum absolute atomic E-state index is 12.1. The number of pyridine rings is 1. The summed E-state index contributed by atoms with van der Waals surface area (Å²) >= 11 is 1.69. The fraction of sp³-hybridized carbons (Fsp3) is 0.267. The highest BCUT2D eigenvalue weighted by atomic mass is 32.1. The second-order valence-corrected chi connectivity index (χ2v) is 5.71. The van der Waals surface area contributed by atoms with Crippen LogP contribution in [-0.2, 0) is 12.8 Å². The molecule has 2 aromatic heterocycles. The molecule has 1 aliphatic carbocycles. The molecule has 4 nitrogen and oxygen atoms in total. The Morgan fingerprint density at radius 1 is 1.40 bits per heavy atom. The van der Waals surface area contributed by atoms with Gasteiger partial charge < -0.3 is 0 Å². The zero-order valence-corrected chi connectivity index (χ0v) is 11.8. The van der Waals surface area contributed by atoms with E-state index in [-0.39, 0.29) is 5.91 Å². The van der Waals surface area contributed by atoms with Gasteiger partial charge in [-0.05, 0) is 37.3 Å². The van der Waals surface area contributed by atoms with Crippen molar-refractivity contribution in [3.63, 3.8) is 0 Å². The number of hydrogen-bond donors (Lipinski definition) is 1. The van der Waals surface area contributed by atoms with Crippen molar-refractivity contribution < 1.29 is 4.79 Å². The van der Waals surface area contributed by atoms with Crippen molar-refractivity contribution in [2.24, 2.45) is 5.10 Å². The first kappa shape index (κ1) is 13.0. The fourth-order valence-electron chi connectivity index (χ4n) is 2.36. The molecule has 2 heterocycles. The molecule has 102 valence electrons. The number of nitrogens with zero attached hydrogens (tertiary/aromatic N) is 2. The largest absolute Gasteiger partial charge is 0.272 e. The number of amides is 1. The highest BCUT2D eigenvalue weighted by Crippen LogP contribution is 2.30. The second-order valence-electron chi connectivity index (χ2n) is 4.74. The van der Waals surface area contributed by atoms with Gasteiger partial charge in [0.15, 0.2) is 0 Å². The molecular weight excluding hydrogens is 270 g/mol. The third kappa shape index (κ3) is 2.77. The maximum atomic E-state index is 12.1. The van der Waals surface area contributed by atoms with Crippen LogP contribution in [-0.4, -0.2) is 17.1 Å². The second kappa shape index (κ2) is 5.96. The zero-order chi connectivity index (χ0) is 13.8. The Morgan fingerprint density at radius 2 is 2.30 bits per heavy atom. The molecule has 0 aliphatic heterocycles. The number of carbonyl (C=O) groups is 1. The summed E-state index contributed by atoms with van der Waals surface area (Å²) in [4.78, 5) is 17.5. The summed E-state index contributed by atoms with van der Waals surface area (Å²) in [5.74, 6) is -0.121. The van der Waals surface area contributed by atoms with Gasteiger partial charge in [-0.25, -0.2) is 5.43 Å². The molecule has 0 spiro atoms. The van der Waals surface area contributed by atoms with Crippen molar-refractivity contribution in [1.29, 1.82) is 0 Å². The van der Waals surface area contributed by atoms with Gasteiger partial charge in [0, 0.05) is 28.2 Å². The lowest BCUT2D eigenvalue weighted by Crippen LogP contribution is -2.19. The molecule has 0 aromatic carbocycles. The lowest BCUT2D eigenvalue weighted by Gasteiger charge is -2.11. The van der Waals surface area contributed by atoms with Gasteiger partial charge in [0.1, 0.15) is 0 Å². The monoisotopic (exact) mass is 285 g/mol. The number of aromatic nitrogens is 1. The first-order chi connectivity index (χ1) is 9.84. The van der Waals surface area contributed by atoms with Gasteiger partial charge in [-0.15, -0.1) is 11.3 Å². The third-order valence-electron chi connectivity index (χ3n) is 3.37. The number of thiophene rings is 1. The van der Waals surface area contributed by atoms with E-state index in [0.717, 1.165) is 24.0 Å². The van der Waals surface area contributed by atoms with Gasteiger partial charge in [-0.3, -0.25) is 9.78 Å². The van der Waals surface area contributed by atoms with Gasteiger partial charge in [0.25, 0.3) is 5.91 Å². The summed E-state index contributed by atoms with van der Waals surface area (Å²) < 4.78 is 0. The first-order valence-electron chi connectivity index (χ1n) is 6.67. The van der Waals surface area contributed by atoms with Crippen LogP contribution >= 0.6 is 11.3 Å². The summed E-state index contributed by atoms with van der Waals surface area (Å²) in [5, 5.41) is 5.94. The van der Waals surface area contributed by atoms with Gasteiger partial charge >= 0.3 is 0 Å². The number of nitrogens with one attached hydrogen (secondary N) is 1. The molecule has 20 heavy (non-hydrogen) atoms. The molecule has 0 atom stereocenters. The average molecular weight is 285 g/mol. The lowest BCUT2D eigenvalue weighted by atomic mass is 9.96. The molecule has 2 aromatic rings. The van der Waals surface area contributed by atoms with Crippen LogP contribution in [0.2, 0.25) is 0 Å².